The summed E-state index contributed by atoms with van der Waals surface area (Å²) in [4.78, 5) is 34.8. The zero-order valence-electron chi connectivity index (χ0n) is 18.2. The average Bonchev–Trinajstić information content (AvgIpc) is 3.27. The van der Waals surface area contributed by atoms with Crippen LogP contribution in [-0.2, 0) is 16.8 Å². The lowest BCUT2D eigenvalue weighted by atomic mass is 9.80. The summed E-state index contributed by atoms with van der Waals surface area (Å²) in [5, 5.41) is 4.14. The van der Waals surface area contributed by atoms with Crippen LogP contribution < -0.4 is 10.2 Å². The zero-order valence-corrected chi connectivity index (χ0v) is 18.2. The van der Waals surface area contributed by atoms with Crippen molar-refractivity contribution in [3.05, 3.63) is 65.4 Å². The highest BCUT2D eigenvalue weighted by Crippen LogP contribution is 2.52. The first-order valence-corrected chi connectivity index (χ1v) is 11.1. The van der Waals surface area contributed by atoms with E-state index in [0.717, 1.165) is 39.8 Å². The number of carbonyl (C=O) groups excluding carboxylic acids is 2. The normalized spacial score (nSPS) is 19.9. The van der Waals surface area contributed by atoms with E-state index in [4.69, 9.17) is 0 Å². The third-order valence-corrected chi connectivity index (χ3v) is 6.54. The highest BCUT2D eigenvalue weighted by Gasteiger charge is 2.61. The number of rotatable bonds is 3. The fourth-order valence-electron chi connectivity index (χ4n) is 5.28. The number of fused-ring (bicyclic) bond motifs is 6. The molecule has 1 spiro atoms. The van der Waals surface area contributed by atoms with Gasteiger partial charge in [0, 0.05) is 35.6 Å². The number of H-pyrrole nitrogens is 1. The summed E-state index contributed by atoms with van der Waals surface area (Å²) in [6.07, 6.45) is 1.55. The Balaban J connectivity index is 1.82. The van der Waals surface area contributed by atoms with Gasteiger partial charge in [0.25, 0.3) is 5.91 Å². The van der Waals surface area contributed by atoms with Gasteiger partial charge in [0.15, 0.2) is 5.54 Å². The van der Waals surface area contributed by atoms with Crippen LogP contribution in [0.5, 0.6) is 0 Å². The van der Waals surface area contributed by atoms with Crippen LogP contribution in [0.15, 0.2) is 48.5 Å². The predicted molar refractivity (Wildman–Crippen MR) is 122 cm³/mol. The van der Waals surface area contributed by atoms with Crippen molar-refractivity contribution < 1.29 is 9.59 Å². The second kappa shape index (κ2) is 7.15. The topological polar surface area (TPSA) is 68.4 Å². The van der Waals surface area contributed by atoms with E-state index in [1.54, 1.807) is 4.90 Å². The van der Waals surface area contributed by atoms with Crippen molar-refractivity contribution in [1.29, 1.82) is 0 Å². The molecule has 6 nitrogen and oxygen atoms in total. The molecule has 2 aromatic carbocycles. The lowest BCUT2D eigenvalue weighted by molar-refractivity contribution is -0.127. The summed E-state index contributed by atoms with van der Waals surface area (Å²) in [7, 11) is 0. The van der Waals surface area contributed by atoms with Gasteiger partial charge in [0.05, 0.1) is 11.4 Å². The molecule has 3 amide bonds. The molecule has 1 atom stereocenters. The Morgan fingerprint density at radius 3 is 2.68 bits per heavy atom. The largest absolute Gasteiger partial charge is 0.355 e. The molecule has 3 heterocycles. The SMILES string of the molecule is CCCNC(=O)N1CCc2c([nH]c3ccccc23)[C@@]12C(=O)N(C(C)C)c1ccccc12. The molecule has 2 N–H and O–H groups in total. The molecular formula is C25H28N4O2. The highest BCUT2D eigenvalue weighted by atomic mass is 16.2. The fraction of sp³-hybridized carbons (Fsp3) is 0.360. The lowest BCUT2D eigenvalue weighted by Gasteiger charge is -2.43. The van der Waals surface area contributed by atoms with Gasteiger partial charge in [-0.15, -0.1) is 0 Å². The molecule has 3 aromatic rings. The molecule has 5 rings (SSSR count). The third kappa shape index (κ3) is 2.57. The van der Waals surface area contributed by atoms with Gasteiger partial charge < -0.3 is 20.1 Å². The monoisotopic (exact) mass is 416 g/mol. The van der Waals surface area contributed by atoms with Crippen molar-refractivity contribution in [2.45, 2.75) is 45.2 Å². The van der Waals surface area contributed by atoms with Crippen LogP contribution in [0.3, 0.4) is 0 Å². The molecule has 0 saturated heterocycles. The third-order valence-electron chi connectivity index (χ3n) is 6.54. The second-order valence-corrected chi connectivity index (χ2v) is 8.65. The Bertz CT molecular complexity index is 1180. The lowest BCUT2D eigenvalue weighted by Crippen LogP contribution is -2.62. The summed E-state index contributed by atoms with van der Waals surface area (Å²) in [6, 6.07) is 15.8. The molecule has 0 unspecified atom stereocenters. The van der Waals surface area contributed by atoms with E-state index < -0.39 is 5.54 Å². The van der Waals surface area contributed by atoms with E-state index in [1.807, 2.05) is 68.1 Å². The van der Waals surface area contributed by atoms with Gasteiger partial charge in [-0.1, -0.05) is 43.3 Å². The van der Waals surface area contributed by atoms with Crippen molar-refractivity contribution >= 4 is 28.5 Å². The Morgan fingerprint density at radius 2 is 1.90 bits per heavy atom. The van der Waals surface area contributed by atoms with E-state index in [2.05, 4.69) is 16.4 Å². The summed E-state index contributed by atoms with van der Waals surface area (Å²) >= 11 is 0. The van der Waals surface area contributed by atoms with Crippen LogP contribution in [0.25, 0.3) is 10.9 Å². The molecule has 2 aliphatic heterocycles. The van der Waals surface area contributed by atoms with Crippen LogP contribution in [0.2, 0.25) is 0 Å². The van der Waals surface area contributed by atoms with Crippen LogP contribution in [0.4, 0.5) is 10.5 Å². The van der Waals surface area contributed by atoms with Gasteiger partial charge in [0.2, 0.25) is 0 Å². The van der Waals surface area contributed by atoms with E-state index in [9.17, 15) is 9.59 Å². The first-order chi connectivity index (χ1) is 15.0. The van der Waals surface area contributed by atoms with Crippen LogP contribution in [0.1, 0.15) is 44.0 Å². The number of urea groups is 1. The molecule has 0 saturated carbocycles. The number of anilines is 1. The summed E-state index contributed by atoms with van der Waals surface area (Å²) in [5.74, 6) is -0.0668. The number of benzene rings is 2. The van der Waals surface area contributed by atoms with Gasteiger partial charge >= 0.3 is 6.03 Å². The van der Waals surface area contributed by atoms with Gasteiger partial charge in [-0.3, -0.25) is 4.79 Å². The van der Waals surface area contributed by atoms with Crippen molar-refractivity contribution in [2.75, 3.05) is 18.0 Å². The fourth-order valence-corrected chi connectivity index (χ4v) is 5.28. The number of aromatic amines is 1. The minimum absolute atomic E-state index is 0.0247. The van der Waals surface area contributed by atoms with E-state index in [-0.39, 0.29) is 18.0 Å². The van der Waals surface area contributed by atoms with Crippen LogP contribution in [-0.4, -0.2) is 41.0 Å². The van der Waals surface area contributed by atoms with E-state index in [1.165, 1.54) is 0 Å². The van der Waals surface area contributed by atoms with Gasteiger partial charge in [-0.05, 0) is 44.4 Å². The maximum atomic E-state index is 14.3. The minimum Gasteiger partial charge on any atom is -0.355 e. The van der Waals surface area contributed by atoms with Crippen molar-refractivity contribution in [3.8, 4) is 0 Å². The molecule has 6 heteroatoms. The van der Waals surface area contributed by atoms with Gasteiger partial charge in [0.1, 0.15) is 0 Å². The number of carbonyl (C=O) groups is 2. The Hall–Kier alpha value is -3.28. The Morgan fingerprint density at radius 1 is 1.16 bits per heavy atom. The number of nitrogens with one attached hydrogen (secondary N) is 2. The number of nitrogens with zero attached hydrogens (tertiary/aromatic N) is 2. The van der Waals surface area contributed by atoms with Crippen molar-refractivity contribution in [1.82, 2.24) is 15.2 Å². The first-order valence-electron chi connectivity index (χ1n) is 11.1. The molecular weight excluding hydrogens is 388 g/mol. The van der Waals surface area contributed by atoms with Crippen LogP contribution >= 0.6 is 0 Å². The summed E-state index contributed by atoms with van der Waals surface area (Å²) in [5.41, 5.74) is 3.51. The van der Waals surface area contributed by atoms with Crippen LogP contribution in [0, 0.1) is 0 Å². The number of para-hydroxylation sites is 2. The molecule has 0 radical (unpaired) electrons. The minimum atomic E-state index is -1.19. The molecule has 160 valence electrons. The Labute approximate surface area is 182 Å². The quantitative estimate of drug-likeness (QED) is 0.674. The summed E-state index contributed by atoms with van der Waals surface area (Å²) < 4.78 is 0. The standard InChI is InChI=1S/C25H28N4O2/c1-4-14-26-24(31)28-15-13-18-17-9-5-7-11-20(17)27-22(18)25(28)19-10-6-8-12-21(19)29(16(2)3)23(25)30/h5-12,16,27H,4,13-15H2,1-3H3,(H,26,31)/t25-/m0/s1. The molecule has 31 heavy (non-hydrogen) atoms. The average molecular weight is 417 g/mol. The molecule has 0 aliphatic carbocycles. The number of amides is 3. The molecule has 0 bridgehead atoms. The Kier molecular flexibility index (Phi) is 4.54. The summed E-state index contributed by atoms with van der Waals surface area (Å²) in [6.45, 7) is 7.12. The maximum absolute atomic E-state index is 14.3. The predicted octanol–water partition coefficient (Wildman–Crippen LogP) is 4.14. The van der Waals surface area contributed by atoms with Crippen molar-refractivity contribution in [3.63, 3.8) is 0 Å². The molecule has 0 fully saturated rings. The highest BCUT2D eigenvalue weighted by molar-refractivity contribution is 6.13. The van der Waals surface area contributed by atoms with E-state index >= 15 is 0 Å². The number of hydrogen-bond acceptors (Lipinski definition) is 2. The van der Waals surface area contributed by atoms with Gasteiger partial charge in [-0.2, -0.15) is 0 Å². The smallest absolute Gasteiger partial charge is 0.318 e. The maximum Gasteiger partial charge on any atom is 0.318 e. The van der Waals surface area contributed by atoms with Crippen molar-refractivity contribution in [2.24, 2.45) is 0 Å². The van der Waals surface area contributed by atoms with Gasteiger partial charge in [-0.25, -0.2) is 4.79 Å². The second-order valence-electron chi connectivity index (χ2n) is 8.65. The molecule has 1 aromatic heterocycles. The number of hydrogen-bond donors (Lipinski definition) is 2. The van der Waals surface area contributed by atoms with E-state index in [0.29, 0.717) is 19.5 Å². The number of aromatic nitrogens is 1. The first kappa shape index (κ1) is 19.7. The molecule has 2 aliphatic rings. The zero-order chi connectivity index (χ0) is 21.8.